The average Bonchev–Trinajstić information content (AvgIpc) is 2.10. The maximum Gasteiger partial charge on any atom is 0.0585 e. The third-order valence-electron chi connectivity index (χ3n) is 2.24. The van der Waals surface area contributed by atoms with Crippen LogP contribution in [0, 0.1) is 13.8 Å². The number of rotatable bonds is 2. The molecule has 2 heteroatoms. The van der Waals surface area contributed by atoms with Crippen molar-refractivity contribution in [2.24, 2.45) is 0 Å². The van der Waals surface area contributed by atoms with Gasteiger partial charge in [0.05, 0.1) is 5.38 Å². The minimum atomic E-state index is 0.145. The summed E-state index contributed by atoms with van der Waals surface area (Å²) in [5.74, 6) is 0. The van der Waals surface area contributed by atoms with Crippen LogP contribution in [-0.2, 0) is 0 Å². The molecule has 0 saturated carbocycles. The van der Waals surface area contributed by atoms with Crippen LogP contribution in [0.5, 0.6) is 0 Å². The summed E-state index contributed by atoms with van der Waals surface area (Å²) in [6.45, 7) is 6.30. The predicted molar refractivity (Wildman–Crippen MR) is 62.5 cm³/mol. The lowest BCUT2D eigenvalue weighted by Gasteiger charge is -2.12. The molecule has 0 heterocycles. The van der Waals surface area contributed by atoms with E-state index in [-0.39, 0.29) is 5.38 Å². The number of aryl methyl sites for hydroxylation is 2. The summed E-state index contributed by atoms with van der Waals surface area (Å²) >= 11 is 9.71. The molecule has 0 radical (unpaired) electrons. The quantitative estimate of drug-likeness (QED) is 0.674. The second kappa shape index (κ2) is 4.47. The molecule has 0 aliphatic carbocycles. The molecule has 1 atom stereocenters. The van der Waals surface area contributed by atoms with Crippen LogP contribution < -0.4 is 0 Å². The summed E-state index contributed by atoms with van der Waals surface area (Å²) in [5.41, 5.74) is 3.77. The van der Waals surface area contributed by atoms with Crippen molar-refractivity contribution in [2.45, 2.75) is 32.6 Å². The van der Waals surface area contributed by atoms with Gasteiger partial charge in [-0.2, -0.15) is 0 Å². The molecule has 1 aromatic carbocycles. The van der Waals surface area contributed by atoms with E-state index in [1.165, 1.54) is 16.7 Å². The molecule has 1 rings (SSSR count). The lowest BCUT2D eigenvalue weighted by molar-refractivity contribution is 0.873. The van der Waals surface area contributed by atoms with E-state index in [0.29, 0.717) is 0 Å². The van der Waals surface area contributed by atoms with Gasteiger partial charge in [0.2, 0.25) is 0 Å². The zero-order valence-corrected chi connectivity index (χ0v) is 10.5. The molecule has 0 amide bonds. The van der Waals surface area contributed by atoms with Gasteiger partial charge in [0.15, 0.2) is 0 Å². The first-order valence-corrected chi connectivity index (χ1v) is 5.70. The summed E-state index contributed by atoms with van der Waals surface area (Å²) in [7, 11) is 0. The van der Waals surface area contributed by atoms with Crippen LogP contribution in [-0.4, -0.2) is 0 Å². The minimum Gasteiger partial charge on any atom is -0.118 e. The van der Waals surface area contributed by atoms with Gasteiger partial charge >= 0.3 is 0 Å². The Hall–Kier alpha value is -0.0100. The number of hydrogen-bond acceptors (Lipinski definition) is 0. The van der Waals surface area contributed by atoms with Crippen LogP contribution >= 0.6 is 27.5 Å². The standard InChI is InChI=1S/C11H14BrCl/c1-4-11(13)9-5-8(3)10(12)6-7(9)2/h5-6,11H,4H2,1-3H3. The van der Waals surface area contributed by atoms with E-state index >= 15 is 0 Å². The van der Waals surface area contributed by atoms with Gasteiger partial charge in [-0.25, -0.2) is 0 Å². The molecule has 13 heavy (non-hydrogen) atoms. The molecule has 0 nitrogen and oxygen atoms in total. The van der Waals surface area contributed by atoms with Crippen LogP contribution in [0.25, 0.3) is 0 Å². The number of benzene rings is 1. The van der Waals surface area contributed by atoms with E-state index in [4.69, 9.17) is 11.6 Å². The van der Waals surface area contributed by atoms with Crippen molar-refractivity contribution in [1.82, 2.24) is 0 Å². The molecule has 72 valence electrons. The second-order valence-electron chi connectivity index (χ2n) is 3.33. The van der Waals surface area contributed by atoms with Crippen molar-refractivity contribution in [3.63, 3.8) is 0 Å². The first kappa shape index (κ1) is 11.1. The normalized spacial score (nSPS) is 13.0. The van der Waals surface area contributed by atoms with Crippen LogP contribution in [0.4, 0.5) is 0 Å². The lowest BCUT2D eigenvalue weighted by Crippen LogP contribution is -1.94. The number of alkyl halides is 1. The Labute approximate surface area is 93.4 Å². The number of hydrogen-bond donors (Lipinski definition) is 0. The highest BCUT2D eigenvalue weighted by Gasteiger charge is 2.09. The molecule has 0 saturated heterocycles. The summed E-state index contributed by atoms with van der Waals surface area (Å²) in [6, 6.07) is 4.30. The van der Waals surface area contributed by atoms with Crippen molar-refractivity contribution < 1.29 is 0 Å². The van der Waals surface area contributed by atoms with Crippen molar-refractivity contribution in [2.75, 3.05) is 0 Å². The van der Waals surface area contributed by atoms with E-state index < -0.39 is 0 Å². The van der Waals surface area contributed by atoms with E-state index in [9.17, 15) is 0 Å². The smallest absolute Gasteiger partial charge is 0.0585 e. The van der Waals surface area contributed by atoms with Gasteiger partial charge in [-0.15, -0.1) is 11.6 Å². The Morgan fingerprint density at radius 1 is 1.31 bits per heavy atom. The molecule has 0 N–H and O–H groups in total. The first-order valence-electron chi connectivity index (χ1n) is 4.47. The summed E-state index contributed by atoms with van der Waals surface area (Å²) in [4.78, 5) is 0. The van der Waals surface area contributed by atoms with E-state index in [2.05, 4.69) is 48.8 Å². The summed E-state index contributed by atoms with van der Waals surface area (Å²) < 4.78 is 1.16. The van der Waals surface area contributed by atoms with Crippen LogP contribution in [0.15, 0.2) is 16.6 Å². The zero-order chi connectivity index (χ0) is 10.0. The van der Waals surface area contributed by atoms with E-state index in [1.807, 2.05) is 0 Å². The summed E-state index contributed by atoms with van der Waals surface area (Å²) in [6.07, 6.45) is 0.976. The maximum atomic E-state index is 6.20. The van der Waals surface area contributed by atoms with Gasteiger partial charge in [-0.05, 0) is 43.0 Å². The topological polar surface area (TPSA) is 0 Å². The van der Waals surface area contributed by atoms with Gasteiger partial charge in [0.1, 0.15) is 0 Å². The van der Waals surface area contributed by atoms with Gasteiger partial charge in [0, 0.05) is 4.47 Å². The van der Waals surface area contributed by atoms with Crippen molar-refractivity contribution >= 4 is 27.5 Å². The third-order valence-corrected chi connectivity index (χ3v) is 3.64. The molecular formula is C11H14BrCl. The van der Waals surface area contributed by atoms with Crippen molar-refractivity contribution in [3.05, 3.63) is 33.3 Å². The Morgan fingerprint density at radius 3 is 2.46 bits per heavy atom. The molecule has 0 aliphatic heterocycles. The lowest BCUT2D eigenvalue weighted by atomic mass is 10.0. The minimum absolute atomic E-state index is 0.145. The largest absolute Gasteiger partial charge is 0.118 e. The first-order chi connectivity index (χ1) is 6.06. The monoisotopic (exact) mass is 260 g/mol. The Morgan fingerprint density at radius 2 is 1.92 bits per heavy atom. The fraction of sp³-hybridized carbons (Fsp3) is 0.455. The Kier molecular flexibility index (Phi) is 3.81. The van der Waals surface area contributed by atoms with E-state index in [0.717, 1.165) is 10.9 Å². The molecule has 0 aromatic heterocycles. The predicted octanol–water partition coefficient (Wildman–Crippen LogP) is 4.76. The fourth-order valence-electron chi connectivity index (χ4n) is 1.36. The Balaban J connectivity index is 3.15. The highest BCUT2D eigenvalue weighted by molar-refractivity contribution is 9.10. The SMILES string of the molecule is CCC(Cl)c1cc(C)c(Br)cc1C. The van der Waals surface area contributed by atoms with Gasteiger partial charge < -0.3 is 0 Å². The van der Waals surface area contributed by atoms with Crippen LogP contribution in [0.3, 0.4) is 0 Å². The molecule has 0 fully saturated rings. The molecule has 0 spiro atoms. The van der Waals surface area contributed by atoms with Gasteiger partial charge in [0.25, 0.3) is 0 Å². The highest BCUT2D eigenvalue weighted by atomic mass is 79.9. The van der Waals surface area contributed by atoms with Crippen LogP contribution in [0.1, 0.15) is 35.4 Å². The molecule has 0 aliphatic rings. The molecule has 1 aromatic rings. The third kappa shape index (κ3) is 2.47. The molecular weight excluding hydrogens is 247 g/mol. The highest BCUT2D eigenvalue weighted by Crippen LogP contribution is 2.30. The summed E-state index contributed by atoms with van der Waals surface area (Å²) in [5, 5.41) is 0.145. The van der Waals surface area contributed by atoms with Gasteiger partial charge in [-0.1, -0.05) is 28.9 Å². The molecule has 0 bridgehead atoms. The van der Waals surface area contributed by atoms with Crippen molar-refractivity contribution in [3.8, 4) is 0 Å². The van der Waals surface area contributed by atoms with Gasteiger partial charge in [-0.3, -0.25) is 0 Å². The average molecular weight is 262 g/mol. The maximum absolute atomic E-state index is 6.20. The second-order valence-corrected chi connectivity index (χ2v) is 4.71. The zero-order valence-electron chi connectivity index (χ0n) is 8.20. The van der Waals surface area contributed by atoms with E-state index in [1.54, 1.807) is 0 Å². The number of halogens is 2. The Bertz CT molecular complexity index is 307. The fourth-order valence-corrected chi connectivity index (χ4v) is 2.05. The molecule has 1 unspecified atom stereocenters. The van der Waals surface area contributed by atoms with Crippen molar-refractivity contribution in [1.29, 1.82) is 0 Å². The van der Waals surface area contributed by atoms with Crippen LogP contribution in [0.2, 0.25) is 0 Å².